The Morgan fingerprint density at radius 2 is 0.683 bits per heavy atom. The Hall–Kier alpha value is -10.5. The average Bonchev–Trinajstić information content (AvgIpc) is 0.771. The summed E-state index contributed by atoms with van der Waals surface area (Å²) in [6.45, 7) is 1.40. The molecule has 0 amide bonds. The third-order valence-corrected chi connectivity index (χ3v) is 15.8. The fraction of sp³-hybridized carbons (Fsp3) is 0.375. The molecule has 101 heavy (non-hydrogen) atoms. The summed E-state index contributed by atoms with van der Waals surface area (Å²) < 4.78 is 114. The predicted octanol–water partition coefficient (Wildman–Crippen LogP) is 6.29. The lowest BCUT2D eigenvalue weighted by molar-refractivity contribution is -0.365. The molecule has 0 radical (unpaired) electrons. The summed E-state index contributed by atoms with van der Waals surface area (Å²) in [4.78, 5) is 124. The molecule has 3 saturated heterocycles. The topological polar surface area (TPSA) is 349 Å². The molecule has 1 N–H and O–H groups in total. The van der Waals surface area contributed by atoms with Gasteiger partial charge in [0.15, 0.2) is 61.6 Å². The Bertz CT molecular complexity index is 3780. The SMILES string of the molecule is COc1ccc(C(=O)OC[C@H]2O[C@@H](OC[C@H]3O[C@H](O)[C@H](OC(=O)c4ccccc4)[C@@H](O[C@@H]4O[C@H](COC(C)=O)[C@@H](OC(C)=O)[C@H](OC(C)=O)[C@H]4OC(C)=O)[C@@H]3OCc3ccccc3)[C@H](OC(=O)c3ccc(OC)cc3)[C@@H](OC(=O)c3ccc(OC)cc3)[C@@H]2OC(=O)c2ccc(OC)cc2)cc1. The lowest BCUT2D eigenvalue weighted by Gasteiger charge is -2.49. The summed E-state index contributed by atoms with van der Waals surface area (Å²) in [6, 6.07) is 38.9. The number of carbonyl (C=O) groups is 9. The molecule has 9 rings (SSSR count). The third kappa shape index (κ3) is 19.9. The third-order valence-electron chi connectivity index (χ3n) is 15.8. The molecule has 15 atom stereocenters. The van der Waals surface area contributed by atoms with Crippen LogP contribution in [-0.4, -0.2) is 199 Å². The Morgan fingerprint density at radius 3 is 1.15 bits per heavy atom. The smallest absolute Gasteiger partial charge is 0.338 e. The molecule has 6 aromatic carbocycles. The molecule has 0 aliphatic carbocycles. The van der Waals surface area contributed by atoms with Crippen molar-refractivity contribution in [2.24, 2.45) is 0 Å². The van der Waals surface area contributed by atoms with Crippen molar-refractivity contribution in [2.45, 2.75) is 126 Å². The minimum atomic E-state index is -2.26. The first kappa shape index (κ1) is 74.7. The molecule has 0 bridgehead atoms. The molecule has 0 aromatic heterocycles. The van der Waals surface area contributed by atoms with E-state index in [1.54, 1.807) is 36.4 Å². The highest BCUT2D eigenvalue weighted by Crippen LogP contribution is 2.38. The number of methoxy groups -OCH3 is 4. The van der Waals surface area contributed by atoms with E-state index in [9.17, 15) is 48.3 Å². The fourth-order valence-corrected chi connectivity index (χ4v) is 11.0. The maximum atomic E-state index is 14.8. The Labute approximate surface area is 578 Å². The molecule has 3 fully saturated rings. The zero-order chi connectivity index (χ0) is 72.3. The lowest BCUT2D eigenvalue weighted by Crippen LogP contribution is -2.67. The van der Waals surface area contributed by atoms with Gasteiger partial charge in [0.05, 0.1) is 69.5 Å². The van der Waals surface area contributed by atoms with E-state index in [0.717, 1.165) is 27.7 Å². The van der Waals surface area contributed by atoms with Crippen LogP contribution in [0.1, 0.15) is 85.0 Å². The van der Waals surface area contributed by atoms with Crippen molar-refractivity contribution < 1.29 is 138 Å². The molecule has 0 saturated carbocycles. The summed E-state index contributed by atoms with van der Waals surface area (Å²) in [5.41, 5.74) is 0.268. The van der Waals surface area contributed by atoms with Crippen molar-refractivity contribution in [3.05, 3.63) is 191 Å². The number of rotatable bonds is 28. The molecule has 6 aromatic rings. The minimum Gasteiger partial charge on any atom is -0.497 e. The molecule has 536 valence electrons. The zero-order valence-electron chi connectivity index (χ0n) is 55.9. The first-order valence-corrected chi connectivity index (χ1v) is 31.5. The van der Waals surface area contributed by atoms with Crippen LogP contribution in [0.3, 0.4) is 0 Å². The number of hydrogen-bond acceptors (Lipinski definition) is 29. The molecular weight excluding hydrogens is 1330 g/mol. The highest BCUT2D eigenvalue weighted by Gasteiger charge is 2.59. The van der Waals surface area contributed by atoms with Crippen molar-refractivity contribution in [3.63, 3.8) is 0 Å². The van der Waals surface area contributed by atoms with Crippen molar-refractivity contribution >= 4 is 53.7 Å². The van der Waals surface area contributed by atoms with Crippen LogP contribution in [0.25, 0.3) is 0 Å². The minimum absolute atomic E-state index is 0.0258. The van der Waals surface area contributed by atoms with Crippen molar-refractivity contribution in [2.75, 3.05) is 48.3 Å². The van der Waals surface area contributed by atoms with Crippen LogP contribution < -0.4 is 18.9 Å². The Morgan fingerprint density at radius 1 is 0.327 bits per heavy atom. The van der Waals surface area contributed by atoms with Gasteiger partial charge in [-0.2, -0.15) is 0 Å². The van der Waals surface area contributed by atoms with Gasteiger partial charge in [0.1, 0.15) is 66.7 Å². The number of hydrogen-bond donors (Lipinski definition) is 1. The summed E-state index contributed by atoms with van der Waals surface area (Å²) in [5.74, 6) is -7.50. The van der Waals surface area contributed by atoms with Gasteiger partial charge >= 0.3 is 53.7 Å². The second-order valence-corrected chi connectivity index (χ2v) is 22.7. The van der Waals surface area contributed by atoms with Gasteiger partial charge in [-0.15, -0.1) is 0 Å². The number of aliphatic hydroxyl groups is 1. The molecule has 3 aliphatic heterocycles. The van der Waals surface area contributed by atoms with E-state index in [0.29, 0.717) is 28.6 Å². The van der Waals surface area contributed by atoms with Gasteiger partial charge in [0.2, 0.25) is 0 Å². The first-order valence-electron chi connectivity index (χ1n) is 31.5. The van der Waals surface area contributed by atoms with Crippen LogP contribution in [0.2, 0.25) is 0 Å². The van der Waals surface area contributed by atoms with Gasteiger partial charge in [-0.1, -0.05) is 48.5 Å². The van der Waals surface area contributed by atoms with Crippen LogP contribution in [0, 0.1) is 0 Å². The largest absolute Gasteiger partial charge is 0.497 e. The number of esters is 9. The van der Waals surface area contributed by atoms with Gasteiger partial charge < -0.3 is 95.1 Å². The van der Waals surface area contributed by atoms with Gasteiger partial charge in [-0.3, -0.25) is 19.2 Å². The van der Waals surface area contributed by atoms with Crippen LogP contribution in [0.5, 0.6) is 23.0 Å². The van der Waals surface area contributed by atoms with Gasteiger partial charge in [0, 0.05) is 27.7 Å². The van der Waals surface area contributed by atoms with E-state index in [2.05, 4.69) is 0 Å². The number of ether oxygens (including phenoxy) is 19. The monoisotopic (exact) mass is 1400 g/mol. The normalized spacial score (nSPS) is 24.5. The first-order chi connectivity index (χ1) is 48.6. The highest BCUT2D eigenvalue weighted by molar-refractivity contribution is 5.92. The Balaban J connectivity index is 1.18. The maximum absolute atomic E-state index is 14.8. The molecule has 29 heteroatoms. The van der Waals surface area contributed by atoms with Gasteiger partial charge in [-0.25, -0.2) is 24.0 Å². The molecule has 0 unspecified atom stereocenters. The standard InChI is InChI=1S/C72H74O29/c1-39(73)87-36-54-57(91-40(2)74)60(92-41(3)75)64(93-42(4)76)72(96-54)101-59-56(88-35-43-15-11-9-12-16-43)53(94-70(82)62(59)99-66(78)44-17-13-10-14-18-44)38-90-71-63(100-69(81)48-25-33-52(86-8)34-26-48)61(98-68(80)47-23-31-51(85-7)32-24-47)58(97-67(79)46-21-29-50(84-6)30-22-46)55(95-71)37-89-65(77)45-19-27-49(83-5)28-20-45/h9-34,53-64,70-72,82H,35-38H2,1-8H3/t53-,54-,55-,56-,57-,58-,59+,60+,61+,62-,63-,64-,70+,71-,72+/m1/s1. The van der Waals surface area contributed by atoms with E-state index in [1.165, 1.54) is 150 Å². The van der Waals surface area contributed by atoms with Crippen LogP contribution in [0.4, 0.5) is 0 Å². The molecule has 0 spiro atoms. The number of benzene rings is 6. The second-order valence-electron chi connectivity index (χ2n) is 22.7. The molecule has 3 aliphatic rings. The predicted molar refractivity (Wildman–Crippen MR) is 343 cm³/mol. The van der Waals surface area contributed by atoms with E-state index in [1.807, 2.05) is 0 Å². The summed E-state index contributed by atoms with van der Waals surface area (Å²) in [6.07, 6.45) is -28.3. The van der Waals surface area contributed by atoms with Gasteiger partial charge in [0.25, 0.3) is 0 Å². The van der Waals surface area contributed by atoms with E-state index >= 15 is 0 Å². The second kappa shape index (κ2) is 35.5. The maximum Gasteiger partial charge on any atom is 0.338 e. The fourth-order valence-electron chi connectivity index (χ4n) is 11.0. The number of carbonyl (C=O) groups excluding carboxylic acids is 9. The summed E-state index contributed by atoms with van der Waals surface area (Å²) in [7, 11) is 5.66. The van der Waals surface area contributed by atoms with Crippen molar-refractivity contribution in [1.29, 1.82) is 0 Å². The average molecular weight is 1400 g/mol. The van der Waals surface area contributed by atoms with E-state index in [-0.39, 0.29) is 34.4 Å². The van der Waals surface area contributed by atoms with Crippen LogP contribution in [-0.2, 0) is 96.8 Å². The van der Waals surface area contributed by atoms with Crippen molar-refractivity contribution in [3.8, 4) is 23.0 Å². The Kier molecular flexibility index (Phi) is 26.2. The van der Waals surface area contributed by atoms with Crippen molar-refractivity contribution in [1.82, 2.24) is 0 Å². The zero-order valence-corrected chi connectivity index (χ0v) is 55.9. The molecular formula is C72H74O29. The number of aliphatic hydroxyl groups excluding tert-OH is 1. The van der Waals surface area contributed by atoms with Crippen LogP contribution in [0.15, 0.2) is 158 Å². The lowest BCUT2D eigenvalue weighted by atomic mass is 9.95. The quantitative estimate of drug-likeness (QED) is 0.0416. The van der Waals surface area contributed by atoms with Crippen LogP contribution >= 0.6 is 0 Å². The summed E-state index contributed by atoms with van der Waals surface area (Å²) >= 11 is 0. The highest BCUT2D eigenvalue weighted by atomic mass is 16.8. The van der Waals surface area contributed by atoms with E-state index < -0.39 is 166 Å². The van der Waals surface area contributed by atoms with Gasteiger partial charge in [-0.05, 0) is 115 Å². The van der Waals surface area contributed by atoms with E-state index in [4.69, 9.17) is 90.0 Å². The summed E-state index contributed by atoms with van der Waals surface area (Å²) in [5, 5.41) is 12.5. The molecule has 3 heterocycles. The molecule has 29 nitrogen and oxygen atoms in total.